The van der Waals surface area contributed by atoms with E-state index in [-0.39, 0.29) is 29.6 Å². The second-order valence-electron chi connectivity index (χ2n) is 5.79. The zero-order valence-corrected chi connectivity index (χ0v) is 14.1. The lowest BCUT2D eigenvalue weighted by Crippen LogP contribution is -2.39. The van der Waals surface area contributed by atoms with Crippen LogP contribution in [0, 0.1) is 13.8 Å². The Morgan fingerprint density at radius 3 is 2.52 bits per heavy atom. The highest BCUT2D eigenvalue weighted by molar-refractivity contribution is 5.94. The molecule has 124 valence electrons. The summed E-state index contributed by atoms with van der Waals surface area (Å²) in [6, 6.07) is 1.51. The maximum atomic E-state index is 12.8. The van der Waals surface area contributed by atoms with Crippen LogP contribution in [0.1, 0.15) is 54.2 Å². The number of rotatable bonds is 5. The van der Waals surface area contributed by atoms with Crippen molar-refractivity contribution in [2.75, 3.05) is 0 Å². The molecule has 0 atom stereocenters. The van der Waals surface area contributed by atoms with Crippen molar-refractivity contribution in [1.82, 2.24) is 20.1 Å². The Morgan fingerprint density at radius 1 is 1.30 bits per heavy atom. The fraction of sp³-hybridized carbons (Fsp3) is 0.500. The molecule has 0 aliphatic carbocycles. The normalized spacial score (nSPS) is 11.0. The van der Waals surface area contributed by atoms with Crippen molar-refractivity contribution >= 4 is 5.91 Å². The number of carbonyl (C=O) groups is 1. The van der Waals surface area contributed by atoms with Gasteiger partial charge in [0.15, 0.2) is 0 Å². The van der Waals surface area contributed by atoms with Crippen molar-refractivity contribution in [3.05, 3.63) is 45.0 Å². The Kier molecular flexibility index (Phi) is 4.98. The molecule has 1 amide bonds. The minimum absolute atomic E-state index is 0.111. The first kappa shape index (κ1) is 16.9. The highest BCUT2D eigenvalue weighted by Crippen LogP contribution is 2.13. The molecular weight excluding hydrogens is 296 g/mol. The van der Waals surface area contributed by atoms with Gasteiger partial charge in [-0.05, 0) is 39.3 Å². The van der Waals surface area contributed by atoms with Crippen LogP contribution in [0.15, 0.2) is 15.3 Å². The zero-order chi connectivity index (χ0) is 17.1. The van der Waals surface area contributed by atoms with E-state index in [1.54, 1.807) is 17.9 Å². The van der Waals surface area contributed by atoms with Crippen LogP contribution in [-0.4, -0.2) is 32.0 Å². The summed E-state index contributed by atoms with van der Waals surface area (Å²) in [4.78, 5) is 29.1. The third-order valence-corrected chi connectivity index (χ3v) is 3.73. The minimum atomic E-state index is -0.386. The average molecular weight is 318 g/mol. The van der Waals surface area contributed by atoms with Crippen molar-refractivity contribution in [1.29, 1.82) is 0 Å². The second-order valence-corrected chi connectivity index (χ2v) is 5.79. The molecule has 2 aromatic rings. The molecule has 1 N–H and O–H groups in total. The molecule has 0 saturated heterocycles. The van der Waals surface area contributed by atoms with Gasteiger partial charge in [-0.1, -0.05) is 6.92 Å². The number of hydrogen-bond acceptors (Lipinski definition) is 5. The van der Waals surface area contributed by atoms with E-state index >= 15 is 0 Å². The summed E-state index contributed by atoms with van der Waals surface area (Å²) in [5.74, 6) is 0.546. The molecule has 0 aliphatic heterocycles. The molecule has 0 spiro atoms. The highest BCUT2D eigenvalue weighted by atomic mass is 16.4. The van der Waals surface area contributed by atoms with Gasteiger partial charge < -0.3 is 14.3 Å². The van der Waals surface area contributed by atoms with Crippen molar-refractivity contribution < 1.29 is 9.21 Å². The van der Waals surface area contributed by atoms with Crippen molar-refractivity contribution in [3.8, 4) is 0 Å². The van der Waals surface area contributed by atoms with Gasteiger partial charge in [-0.3, -0.25) is 9.59 Å². The van der Waals surface area contributed by atoms with Crippen LogP contribution in [0.25, 0.3) is 0 Å². The van der Waals surface area contributed by atoms with Gasteiger partial charge in [0.1, 0.15) is 5.56 Å². The fourth-order valence-electron chi connectivity index (χ4n) is 2.17. The molecule has 2 aromatic heterocycles. The maximum absolute atomic E-state index is 12.8. The van der Waals surface area contributed by atoms with Gasteiger partial charge >= 0.3 is 0 Å². The Hall–Kier alpha value is -2.44. The van der Waals surface area contributed by atoms with E-state index in [0.717, 1.165) is 11.3 Å². The van der Waals surface area contributed by atoms with Gasteiger partial charge in [0.2, 0.25) is 11.8 Å². The number of pyridine rings is 1. The Labute approximate surface area is 134 Å². The van der Waals surface area contributed by atoms with Crippen molar-refractivity contribution in [2.24, 2.45) is 0 Å². The van der Waals surface area contributed by atoms with E-state index in [1.165, 1.54) is 0 Å². The monoisotopic (exact) mass is 318 g/mol. The number of aryl methyl sites for hydroxylation is 3. The Bertz CT molecular complexity index is 761. The summed E-state index contributed by atoms with van der Waals surface area (Å²) in [6.07, 6.45) is 0.638. The van der Waals surface area contributed by atoms with E-state index < -0.39 is 0 Å². The number of nitrogens with zero attached hydrogens (tertiary/aromatic N) is 3. The molecule has 0 radical (unpaired) electrons. The minimum Gasteiger partial charge on any atom is -0.423 e. The molecule has 0 bridgehead atoms. The zero-order valence-electron chi connectivity index (χ0n) is 14.1. The maximum Gasteiger partial charge on any atom is 0.261 e. The molecule has 0 aliphatic rings. The number of amides is 1. The topological polar surface area (TPSA) is 92.1 Å². The summed E-state index contributed by atoms with van der Waals surface area (Å²) in [5.41, 5.74) is 1.36. The molecule has 0 aromatic carbocycles. The van der Waals surface area contributed by atoms with Gasteiger partial charge in [0, 0.05) is 18.2 Å². The third-order valence-electron chi connectivity index (χ3n) is 3.73. The average Bonchev–Trinajstić information content (AvgIpc) is 2.95. The molecule has 23 heavy (non-hydrogen) atoms. The SMILES string of the molecule is CCc1nnc(CN(C(=O)c2cc(C)c(C)[nH]c2=O)C(C)C)o1. The van der Waals surface area contributed by atoms with E-state index in [4.69, 9.17) is 4.42 Å². The number of aromatic nitrogens is 3. The van der Waals surface area contributed by atoms with Crippen molar-refractivity contribution in [3.63, 3.8) is 0 Å². The van der Waals surface area contributed by atoms with Crippen LogP contribution in [0.5, 0.6) is 0 Å². The van der Waals surface area contributed by atoms with Gasteiger partial charge in [-0.25, -0.2) is 0 Å². The summed E-state index contributed by atoms with van der Waals surface area (Å²) in [5, 5.41) is 7.84. The van der Waals surface area contributed by atoms with Crippen LogP contribution in [0.4, 0.5) is 0 Å². The number of aromatic amines is 1. The molecule has 0 unspecified atom stereocenters. The van der Waals surface area contributed by atoms with E-state index in [1.807, 2.05) is 27.7 Å². The molecule has 7 heteroatoms. The lowest BCUT2D eigenvalue weighted by Gasteiger charge is -2.25. The van der Waals surface area contributed by atoms with Crippen LogP contribution in [0.2, 0.25) is 0 Å². The standard InChI is InChI=1S/C16H22N4O3/c1-6-13-18-19-14(23-13)8-20(9(2)3)16(22)12-7-10(4)11(5)17-15(12)21/h7,9H,6,8H2,1-5H3,(H,17,21). The summed E-state index contributed by atoms with van der Waals surface area (Å²) in [7, 11) is 0. The lowest BCUT2D eigenvalue weighted by molar-refractivity contribution is 0.0669. The van der Waals surface area contributed by atoms with Gasteiger partial charge in [-0.15, -0.1) is 10.2 Å². The Morgan fingerprint density at radius 2 is 1.96 bits per heavy atom. The van der Waals surface area contributed by atoms with Gasteiger partial charge in [0.05, 0.1) is 6.54 Å². The smallest absolute Gasteiger partial charge is 0.261 e. The Balaban J connectivity index is 2.32. The molecular formula is C16H22N4O3. The molecule has 0 saturated carbocycles. The predicted octanol–water partition coefficient (Wildman–Crippen LogP) is 1.99. The third kappa shape index (κ3) is 3.67. The summed E-state index contributed by atoms with van der Waals surface area (Å²) in [6.45, 7) is 9.50. The number of nitrogens with one attached hydrogen (secondary N) is 1. The molecule has 0 fully saturated rings. The van der Waals surface area contributed by atoms with Crippen LogP contribution in [0.3, 0.4) is 0 Å². The highest BCUT2D eigenvalue weighted by Gasteiger charge is 2.24. The van der Waals surface area contributed by atoms with Crippen molar-refractivity contribution in [2.45, 2.75) is 53.6 Å². The molecule has 2 heterocycles. The van der Waals surface area contributed by atoms with E-state index in [9.17, 15) is 9.59 Å². The molecule has 7 nitrogen and oxygen atoms in total. The molecule has 2 rings (SSSR count). The van der Waals surface area contributed by atoms with Gasteiger partial charge in [0.25, 0.3) is 11.5 Å². The van der Waals surface area contributed by atoms with Gasteiger partial charge in [-0.2, -0.15) is 0 Å². The quantitative estimate of drug-likeness (QED) is 0.910. The summed E-state index contributed by atoms with van der Waals surface area (Å²) < 4.78 is 5.47. The van der Waals surface area contributed by atoms with E-state index in [2.05, 4.69) is 15.2 Å². The van der Waals surface area contributed by atoms with Crippen LogP contribution in [-0.2, 0) is 13.0 Å². The number of H-pyrrole nitrogens is 1. The predicted molar refractivity (Wildman–Crippen MR) is 85.2 cm³/mol. The largest absolute Gasteiger partial charge is 0.423 e. The van der Waals surface area contributed by atoms with Crippen LogP contribution < -0.4 is 5.56 Å². The summed E-state index contributed by atoms with van der Waals surface area (Å²) >= 11 is 0. The van der Waals surface area contributed by atoms with Crippen LogP contribution >= 0.6 is 0 Å². The van der Waals surface area contributed by atoms with E-state index in [0.29, 0.717) is 18.2 Å². The second kappa shape index (κ2) is 6.76. The number of hydrogen-bond donors (Lipinski definition) is 1. The number of carbonyl (C=O) groups excluding carboxylic acids is 1. The first-order valence-corrected chi connectivity index (χ1v) is 7.66. The lowest BCUT2D eigenvalue weighted by atomic mass is 10.1. The first-order chi connectivity index (χ1) is 10.8. The fourth-order valence-corrected chi connectivity index (χ4v) is 2.17. The first-order valence-electron chi connectivity index (χ1n) is 7.66.